The van der Waals surface area contributed by atoms with Crippen molar-refractivity contribution < 1.29 is 0 Å². The molecule has 0 spiro atoms. The maximum Gasteiger partial charge on any atom is 0.193 e. The third kappa shape index (κ3) is 7.22. The van der Waals surface area contributed by atoms with Crippen molar-refractivity contribution in [3.05, 3.63) is 34.9 Å². The topological polar surface area (TPSA) is 34.1 Å². The molecular formula is C19H32ClN5. The highest BCUT2D eigenvalue weighted by molar-refractivity contribution is 6.30. The zero-order valence-electron chi connectivity index (χ0n) is 15.8. The average molecular weight is 366 g/mol. The molecule has 2 rings (SSSR count). The monoisotopic (exact) mass is 365 g/mol. The number of guanidine groups is 1. The van der Waals surface area contributed by atoms with Crippen molar-refractivity contribution in [3.63, 3.8) is 0 Å². The molecule has 0 saturated carbocycles. The van der Waals surface area contributed by atoms with Gasteiger partial charge in [0, 0.05) is 58.4 Å². The number of unbranched alkanes of at least 4 members (excludes halogenated alkanes) is 1. The van der Waals surface area contributed by atoms with Crippen LogP contribution in [-0.4, -0.2) is 81.1 Å². The van der Waals surface area contributed by atoms with Gasteiger partial charge < -0.3 is 20.0 Å². The first kappa shape index (κ1) is 20.0. The molecule has 5 nitrogen and oxygen atoms in total. The van der Waals surface area contributed by atoms with E-state index < -0.39 is 0 Å². The van der Waals surface area contributed by atoms with Crippen molar-refractivity contribution in [1.82, 2.24) is 20.0 Å². The molecule has 140 valence electrons. The maximum absolute atomic E-state index is 6.06. The number of nitrogens with one attached hydrogen (secondary N) is 1. The second kappa shape index (κ2) is 10.6. The van der Waals surface area contributed by atoms with Gasteiger partial charge in [-0.1, -0.05) is 23.7 Å². The van der Waals surface area contributed by atoms with Gasteiger partial charge in [0.25, 0.3) is 0 Å². The van der Waals surface area contributed by atoms with Crippen LogP contribution in [0.4, 0.5) is 0 Å². The van der Waals surface area contributed by atoms with Crippen molar-refractivity contribution in [1.29, 1.82) is 0 Å². The Kier molecular flexibility index (Phi) is 8.52. The predicted octanol–water partition coefficient (Wildman–Crippen LogP) is 2.37. The number of likely N-dealkylation sites (N-methyl/N-ethyl adjacent to an activating group) is 1. The van der Waals surface area contributed by atoms with Crippen molar-refractivity contribution in [2.75, 3.05) is 60.4 Å². The molecule has 1 N–H and O–H groups in total. The Hall–Kier alpha value is -1.30. The van der Waals surface area contributed by atoms with Crippen LogP contribution in [0.1, 0.15) is 18.4 Å². The SMILES string of the molecule is CN=C(NCCCCN1CCN(C)CC1)N(C)Cc1cccc(Cl)c1. The summed E-state index contributed by atoms with van der Waals surface area (Å²) in [6.45, 7) is 7.74. The summed E-state index contributed by atoms with van der Waals surface area (Å²) >= 11 is 6.06. The minimum Gasteiger partial charge on any atom is -0.356 e. The van der Waals surface area contributed by atoms with Crippen LogP contribution >= 0.6 is 11.6 Å². The van der Waals surface area contributed by atoms with E-state index in [0.717, 1.165) is 30.5 Å². The van der Waals surface area contributed by atoms with Crippen LogP contribution in [0.3, 0.4) is 0 Å². The van der Waals surface area contributed by atoms with Crippen molar-refractivity contribution >= 4 is 17.6 Å². The van der Waals surface area contributed by atoms with Gasteiger partial charge in [-0.25, -0.2) is 0 Å². The van der Waals surface area contributed by atoms with Gasteiger partial charge in [0.15, 0.2) is 5.96 Å². The molecule has 0 bridgehead atoms. The summed E-state index contributed by atoms with van der Waals surface area (Å²) in [6, 6.07) is 7.98. The predicted molar refractivity (Wildman–Crippen MR) is 107 cm³/mol. The van der Waals surface area contributed by atoms with Gasteiger partial charge >= 0.3 is 0 Å². The third-order valence-corrected chi connectivity index (χ3v) is 4.90. The van der Waals surface area contributed by atoms with Gasteiger partial charge in [-0.15, -0.1) is 0 Å². The van der Waals surface area contributed by atoms with E-state index in [1.54, 1.807) is 0 Å². The van der Waals surface area contributed by atoms with Crippen LogP contribution in [0.15, 0.2) is 29.3 Å². The molecule has 0 radical (unpaired) electrons. The third-order valence-electron chi connectivity index (χ3n) is 4.66. The minimum atomic E-state index is 0.776. The molecule has 1 aliphatic heterocycles. The number of halogens is 1. The van der Waals surface area contributed by atoms with Crippen molar-refractivity contribution in [2.24, 2.45) is 4.99 Å². The van der Waals surface area contributed by atoms with E-state index in [-0.39, 0.29) is 0 Å². The Balaban J connectivity index is 1.64. The summed E-state index contributed by atoms with van der Waals surface area (Å²) < 4.78 is 0. The average Bonchev–Trinajstić information content (AvgIpc) is 2.59. The standard InChI is InChI=1S/C19H32ClN5/c1-21-19(24(3)16-17-7-6-8-18(20)15-17)22-9-4-5-10-25-13-11-23(2)12-14-25/h6-8,15H,4-5,9-14,16H2,1-3H3,(H,21,22). The van der Waals surface area contributed by atoms with Gasteiger partial charge in [-0.05, 0) is 44.1 Å². The summed E-state index contributed by atoms with van der Waals surface area (Å²) in [4.78, 5) is 11.5. The van der Waals surface area contributed by atoms with E-state index >= 15 is 0 Å². The Morgan fingerprint density at radius 1 is 1.24 bits per heavy atom. The number of rotatable bonds is 7. The highest BCUT2D eigenvalue weighted by Gasteiger charge is 2.12. The number of hydrogen-bond donors (Lipinski definition) is 1. The number of aliphatic imine (C=N–C) groups is 1. The van der Waals surface area contributed by atoms with E-state index in [4.69, 9.17) is 11.6 Å². The van der Waals surface area contributed by atoms with Gasteiger partial charge in [0.05, 0.1) is 0 Å². The maximum atomic E-state index is 6.06. The fraction of sp³-hybridized carbons (Fsp3) is 0.632. The summed E-state index contributed by atoms with van der Waals surface area (Å²) in [7, 11) is 6.09. The van der Waals surface area contributed by atoms with E-state index in [1.807, 2.05) is 25.2 Å². The Morgan fingerprint density at radius 2 is 2.00 bits per heavy atom. The molecule has 0 amide bonds. The molecule has 1 saturated heterocycles. The van der Waals surface area contributed by atoms with Gasteiger partial charge in [0.2, 0.25) is 0 Å². The zero-order chi connectivity index (χ0) is 18.1. The first-order valence-electron chi connectivity index (χ1n) is 9.15. The van der Waals surface area contributed by atoms with Crippen molar-refractivity contribution in [3.8, 4) is 0 Å². The lowest BCUT2D eigenvalue weighted by atomic mass is 10.2. The fourth-order valence-corrected chi connectivity index (χ4v) is 3.31. The number of nitrogens with zero attached hydrogens (tertiary/aromatic N) is 4. The van der Waals surface area contributed by atoms with Crippen LogP contribution < -0.4 is 5.32 Å². The normalized spacial score (nSPS) is 16.9. The lowest BCUT2D eigenvalue weighted by Gasteiger charge is -2.32. The highest BCUT2D eigenvalue weighted by atomic mass is 35.5. The molecule has 1 aromatic rings. The highest BCUT2D eigenvalue weighted by Crippen LogP contribution is 2.12. The molecule has 0 unspecified atom stereocenters. The van der Waals surface area contributed by atoms with E-state index in [0.29, 0.717) is 0 Å². The van der Waals surface area contributed by atoms with Gasteiger partial charge in [-0.3, -0.25) is 4.99 Å². The smallest absolute Gasteiger partial charge is 0.193 e. The van der Waals surface area contributed by atoms with Crippen LogP contribution in [-0.2, 0) is 6.54 Å². The molecule has 1 aliphatic rings. The molecular weight excluding hydrogens is 334 g/mol. The van der Waals surface area contributed by atoms with Crippen LogP contribution in [0.25, 0.3) is 0 Å². The van der Waals surface area contributed by atoms with E-state index in [1.165, 1.54) is 44.7 Å². The molecule has 25 heavy (non-hydrogen) atoms. The quantitative estimate of drug-likeness (QED) is 0.457. The molecule has 1 aromatic carbocycles. The summed E-state index contributed by atoms with van der Waals surface area (Å²) in [5, 5.41) is 4.24. The second-order valence-corrected chi connectivity index (χ2v) is 7.25. The number of benzene rings is 1. The Morgan fingerprint density at radius 3 is 2.68 bits per heavy atom. The summed E-state index contributed by atoms with van der Waals surface area (Å²) in [6.07, 6.45) is 2.39. The second-order valence-electron chi connectivity index (χ2n) is 6.81. The van der Waals surface area contributed by atoms with Crippen molar-refractivity contribution in [2.45, 2.75) is 19.4 Å². The van der Waals surface area contributed by atoms with Gasteiger partial charge in [-0.2, -0.15) is 0 Å². The molecule has 0 atom stereocenters. The van der Waals surface area contributed by atoms with E-state index in [9.17, 15) is 0 Å². The first-order chi connectivity index (χ1) is 12.1. The lowest BCUT2D eigenvalue weighted by Crippen LogP contribution is -2.44. The lowest BCUT2D eigenvalue weighted by molar-refractivity contribution is 0.152. The molecule has 0 aromatic heterocycles. The van der Waals surface area contributed by atoms with E-state index in [2.05, 4.69) is 45.2 Å². The molecule has 1 heterocycles. The minimum absolute atomic E-state index is 0.776. The molecule has 6 heteroatoms. The van der Waals surface area contributed by atoms with Crippen LogP contribution in [0.5, 0.6) is 0 Å². The molecule has 0 aliphatic carbocycles. The van der Waals surface area contributed by atoms with Crippen LogP contribution in [0, 0.1) is 0 Å². The largest absolute Gasteiger partial charge is 0.356 e. The summed E-state index contributed by atoms with van der Waals surface area (Å²) in [5.41, 5.74) is 1.19. The Bertz CT molecular complexity index is 540. The molecule has 1 fully saturated rings. The number of piperazine rings is 1. The zero-order valence-corrected chi connectivity index (χ0v) is 16.6. The fourth-order valence-electron chi connectivity index (χ4n) is 3.10. The van der Waals surface area contributed by atoms with Gasteiger partial charge in [0.1, 0.15) is 0 Å². The first-order valence-corrected chi connectivity index (χ1v) is 9.53. The number of hydrogen-bond acceptors (Lipinski definition) is 3. The summed E-state index contributed by atoms with van der Waals surface area (Å²) in [5.74, 6) is 0.930. The van der Waals surface area contributed by atoms with Crippen LogP contribution in [0.2, 0.25) is 5.02 Å². The Labute approximate surface area is 157 Å².